The van der Waals surface area contributed by atoms with E-state index in [4.69, 9.17) is 4.42 Å². The first-order valence-corrected chi connectivity index (χ1v) is 9.90. The fourth-order valence-electron chi connectivity index (χ4n) is 2.52. The molecule has 5 nitrogen and oxygen atoms in total. The molecule has 0 bridgehead atoms. The molecule has 0 unspecified atom stereocenters. The Balaban J connectivity index is 1.59. The van der Waals surface area contributed by atoms with Gasteiger partial charge in [0.15, 0.2) is 10.9 Å². The SMILES string of the molecule is Cc1ccc(F)cc1NC(=O)CCCSc1nc(-c2ccco2)cc(C(F)(F)F)n1. The molecule has 10 heteroatoms. The average molecular weight is 439 g/mol. The third-order valence-corrected chi connectivity index (χ3v) is 4.96. The number of nitrogens with zero attached hydrogens (tertiary/aromatic N) is 2. The first-order chi connectivity index (χ1) is 14.2. The van der Waals surface area contributed by atoms with Crippen LogP contribution in [0, 0.1) is 12.7 Å². The smallest absolute Gasteiger partial charge is 0.433 e. The molecule has 2 heterocycles. The minimum Gasteiger partial charge on any atom is -0.463 e. The maximum absolute atomic E-state index is 13.3. The van der Waals surface area contributed by atoms with Crippen LogP contribution in [0.25, 0.3) is 11.5 Å². The molecular weight excluding hydrogens is 422 g/mol. The van der Waals surface area contributed by atoms with Crippen LogP contribution < -0.4 is 5.32 Å². The van der Waals surface area contributed by atoms with Crippen LogP contribution in [-0.2, 0) is 11.0 Å². The second-order valence-corrected chi connectivity index (χ2v) is 7.42. The number of aryl methyl sites for hydroxylation is 1. The van der Waals surface area contributed by atoms with E-state index < -0.39 is 17.7 Å². The van der Waals surface area contributed by atoms with E-state index in [2.05, 4.69) is 15.3 Å². The quantitative estimate of drug-likeness (QED) is 0.221. The van der Waals surface area contributed by atoms with Crippen molar-refractivity contribution in [2.45, 2.75) is 31.1 Å². The average Bonchev–Trinajstić information content (AvgIpc) is 3.22. The lowest BCUT2D eigenvalue weighted by Crippen LogP contribution is -2.13. The Morgan fingerprint density at radius 2 is 2.00 bits per heavy atom. The number of nitrogens with one attached hydrogen (secondary N) is 1. The van der Waals surface area contributed by atoms with E-state index in [9.17, 15) is 22.4 Å². The standard InChI is InChI=1S/C20H17F4N3O2S/c1-12-6-7-13(21)10-14(12)25-18(28)5-3-9-30-19-26-15(16-4-2-8-29-16)11-17(27-19)20(22,23)24/h2,4,6-8,10-11H,3,5,9H2,1H3,(H,25,28). The van der Waals surface area contributed by atoms with Crippen molar-refractivity contribution in [1.82, 2.24) is 9.97 Å². The van der Waals surface area contributed by atoms with E-state index in [-0.39, 0.29) is 28.9 Å². The molecule has 0 fully saturated rings. The van der Waals surface area contributed by atoms with E-state index in [0.717, 1.165) is 23.4 Å². The van der Waals surface area contributed by atoms with E-state index in [1.54, 1.807) is 19.1 Å². The van der Waals surface area contributed by atoms with Crippen molar-refractivity contribution in [1.29, 1.82) is 0 Å². The highest BCUT2D eigenvalue weighted by molar-refractivity contribution is 7.99. The summed E-state index contributed by atoms with van der Waals surface area (Å²) in [5.74, 6) is -0.241. The van der Waals surface area contributed by atoms with E-state index >= 15 is 0 Å². The van der Waals surface area contributed by atoms with Gasteiger partial charge in [-0.1, -0.05) is 17.8 Å². The number of hydrogen-bond acceptors (Lipinski definition) is 5. The zero-order valence-electron chi connectivity index (χ0n) is 15.8. The first kappa shape index (κ1) is 21.8. The van der Waals surface area contributed by atoms with Gasteiger partial charge in [0.1, 0.15) is 17.2 Å². The van der Waals surface area contributed by atoms with Gasteiger partial charge < -0.3 is 9.73 Å². The lowest BCUT2D eigenvalue weighted by molar-refractivity contribution is -0.141. The van der Waals surface area contributed by atoms with E-state index in [0.29, 0.717) is 17.9 Å². The molecule has 2 aromatic heterocycles. The zero-order valence-corrected chi connectivity index (χ0v) is 16.6. The molecule has 1 N–H and O–H groups in total. The molecule has 0 aliphatic heterocycles. The molecule has 0 radical (unpaired) electrons. The Hall–Kier alpha value is -2.88. The molecule has 30 heavy (non-hydrogen) atoms. The van der Waals surface area contributed by atoms with Crippen molar-refractivity contribution in [3.8, 4) is 11.5 Å². The second-order valence-electron chi connectivity index (χ2n) is 6.36. The Bertz CT molecular complexity index is 1020. The highest BCUT2D eigenvalue weighted by Gasteiger charge is 2.34. The number of amides is 1. The van der Waals surface area contributed by atoms with Gasteiger partial charge in [0.2, 0.25) is 5.91 Å². The number of alkyl halides is 3. The number of benzene rings is 1. The van der Waals surface area contributed by atoms with Crippen LogP contribution in [-0.4, -0.2) is 21.6 Å². The van der Waals surface area contributed by atoms with Crippen molar-refractivity contribution in [3.63, 3.8) is 0 Å². The van der Waals surface area contributed by atoms with Crippen LogP contribution in [0.2, 0.25) is 0 Å². The summed E-state index contributed by atoms with van der Waals surface area (Å²) < 4.78 is 57.8. The number of furan rings is 1. The number of halogens is 4. The largest absolute Gasteiger partial charge is 0.463 e. The van der Waals surface area contributed by atoms with Crippen LogP contribution in [0.4, 0.5) is 23.2 Å². The molecule has 158 valence electrons. The number of carbonyl (C=O) groups is 1. The molecule has 3 rings (SSSR count). The molecule has 0 aliphatic rings. The zero-order chi connectivity index (χ0) is 21.7. The minimum atomic E-state index is -4.62. The summed E-state index contributed by atoms with van der Waals surface area (Å²) in [5.41, 5.74) is 0.0776. The van der Waals surface area contributed by atoms with E-state index in [1.165, 1.54) is 24.5 Å². The number of rotatable bonds is 7. The number of anilines is 1. The Kier molecular flexibility index (Phi) is 6.76. The molecular formula is C20H17F4N3O2S. The van der Waals surface area contributed by atoms with Crippen LogP contribution in [0.1, 0.15) is 24.1 Å². The molecule has 1 amide bonds. The highest BCUT2D eigenvalue weighted by atomic mass is 32.2. The number of aromatic nitrogens is 2. The monoisotopic (exact) mass is 439 g/mol. The fraction of sp³-hybridized carbons (Fsp3) is 0.250. The molecule has 0 atom stereocenters. The Morgan fingerprint density at radius 3 is 2.70 bits per heavy atom. The highest BCUT2D eigenvalue weighted by Crippen LogP contribution is 2.32. The lowest BCUT2D eigenvalue weighted by Gasteiger charge is -2.10. The molecule has 0 saturated carbocycles. The molecule has 1 aromatic carbocycles. The van der Waals surface area contributed by atoms with Gasteiger partial charge in [-0.15, -0.1) is 0 Å². The van der Waals surface area contributed by atoms with Gasteiger partial charge in [-0.2, -0.15) is 13.2 Å². The van der Waals surface area contributed by atoms with Crippen LogP contribution in [0.5, 0.6) is 0 Å². The predicted octanol–water partition coefficient (Wildman–Crippen LogP) is 5.71. The van der Waals surface area contributed by atoms with Crippen molar-refractivity contribution in [3.05, 3.63) is 59.7 Å². The molecule has 0 saturated heterocycles. The minimum absolute atomic E-state index is 0.0316. The Morgan fingerprint density at radius 1 is 1.20 bits per heavy atom. The van der Waals surface area contributed by atoms with Crippen molar-refractivity contribution in [2.75, 3.05) is 11.1 Å². The summed E-state index contributed by atoms with van der Waals surface area (Å²) in [7, 11) is 0. The maximum Gasteiger partial charge on any atom is 0.433 e. The topological polar surface area (TPSA) is 68.0 Å². The Labute approximate surface area is 173 Å². The van der Waals surface area contributed by atoms with Gasteiger partial charge >= 0.3 is 6.18 Å². The molecule has 0 aliphatic carbocycles. The van der Waals surface area contributed by atoms with Gasteiger partial charge in [0, 0.05) is 17.9 Å². The summed E-state index contributed by atoms with van der Waals surface area (Å²) in [4.78, 5) is 19.7. The van der Waals surface area contributed by atoms with E-state index in [1.807, 2.05) is 0 Å². The first-order valence-electron chi connectivity index (χ1n) is 8.91. The summed E-state index contributed by atoms with van der Waals surface area (Å²) in [6.45, 7) is 1.74. The van der Waals surface area contributed by atoms with Gasteiger partial charge in [-0.25, -0.2) is 14.4 Å². The van der Waals surface area contributed by atoms with Gasteiger partial charge in [0.25, 0.3) is 0 Å². The van der Waals surface area contributed by atoms with Gasteiger partial charge in [-0.3, -0.25) is 4.79 Å². The number of thioether (sulfide) groups is 1. The summed E-state index contributed by atoms with van der Waals surface area (Å²) >= 11 is 1.01. The van der Waals surface area contributed by atoms with Gasteiger partial charge in [0.05, 0.1) is 6.26 Å². The normalized spacial score (nSPS) is 11.5. The van der Waals surface area contributed by atoms with Crippen molar-refractivity contribution >= 4 is 23.4 Å². The van der Waals surface area contributed by atoms with Crippen LogP contribution in [0.15, 0.2) is 52.2 Å². The number of hydrogen-bond donors (Lipinski definition) is 1. The predicted molar refractivity (Wildman–Crippen MR) is 104 cm³/mol. The number of carbonyl (C=O) groups excluding carboxylic acids is 1. The molecule has 0 spiro atoms. The van der Waals surface area contributed by atoms with Gasteiger partial charge in [-0.05, 0) is 49.2 Å². The summed E-state index contributed by atoms with van der Waals surface area (Å²) in [6, 6.07) is 7.98. The van der Waals surface area contributed by atoms with Crippen molar-refractivity contribution in [2.24, 2.45) is 0 Å². The third-order valence-electron chi connectivity index (χ3n) is 4.02. The third kappa shape index (κ3) is 5.82. The second kappa shape index (κ2) is 9.29. The van der Waals surface area contributed by atoms with Crippen LogP contribution in [0.3, 0.4) is 0 Å². The fourth-order valence-corrected chi connectivity index (χ4v) is 3.32. The molecule has 3 aromatic rings. The lowest BCUT2D eigenvalue weighted by atomic mass is 10.2. The van der Waals surface area contributed by atoms with Crippen molar-refractivity contribution < 1.29 is 26.8 Å². The maximum atomic E-state index is 13.3. The summed E-state index contributed by atoms with van der Waals surface area (Å²) in [6.07, 6.45) is -2.79. The summed E-state index contributed by atoms with van der Waals surface area (Å²) in [5, 5.41) is 2.57. The van der Waals surface area contributed by atoms with Crippen LogP contribution >= 0.6 is 11.8 Å².